The minimum absolute atomic E-state index is 0.00273. The molecule has 0 saturated carbocycles. The molecular formula is C21H20N2O2. The van der Waals surface area contributed by atoms with E-state index < -0.39 is 0 Å². The number of hydrogen-bond donors (Lipinski definition) is 0. The molecule has 0 saturated heterocycles. The van der Waals surface area contributed by atoms with Gasteiger partial charge in [0.05, 0.1) is 23.4 Å². The Morgan fingerprint density at radius 2 is 1.88 bits per heavy atom. The van der Waals surface area contributed by atoms with Crippen LogP contribution in [0.1, 0.15) is 25.5 Å². The zero-order chi connectivity index (χ0) is 17.5. The largest absolute Gasteiger partial charge is 0.491 e. The lowest BCUT2D eigenvalue weighted by molar-refractivity contribution is 0.211. The zero-order valence-electron chi connectivity index (χ0n) is 14.2. The average Bonchev–Trinajstić information content (AvgIpc) is 2.65. The summed E-state index contributed by atoms with van der Waals surface area (Å²) in [6.45, 7) is 2.36. The van der Waals surface area contributed by atoms with Gasteiger partial charge in [0, 0.05) is 17.9 Å². The van der Waals surface area contributed by atoms with E-state index in [4.69, 9.17) is 14.7 Å². The van der Waals surface area contributed by atoms with Crippen LogP contribution < -0.4 is 9.47 Å². The molecule has 126 valence electrons. The Balaban J connectivity index is 1.62. The SMILES string of the molecule is CC(CCC#N)Oc1cccc(OCc2ccc3ccccc3n2)c1. The molecule has 0 spiro atoms. The summed E-state index contributed by atoms with van der Waals surface area (Å²) < 4.78 is 11.7. The van der Waals surface area contributed by atoms with Crippen LogP contribution >= 0.6 is 0 Å². The molecule has 25 heavy (non-hydrogen) atoms. The van der Waals surface area contributed by atoms with Gasteiger partial charge < -0.3 is 9.47 Å². The van der Waals surface area contributed by atoms with E-state index in [1.807, 2.05) is 61.5 Å². The Labute approximate surface area is 147 Å². The van der Waals surface area contributed by atoms with Crippen LogP contribution in [0.4, 0.5) is 0 Å². The van der Waals surface area contributed by atoms with Crippen LogP contribution in [0.15, 0.2) is 60.7 Å². The second kappa shape index (κ2) is 8.16. The molecule has 1 aromatic heterocycles. The lowest BCUT2D eigenvalue weighted by atomic mass is 10.2. The van der Waals surface area contributed by atoms with Gasteiger partial charge in [-0.05, 0) is 37.6 Å². The summed E-state index contributed by atoms with van der Waals surface area (Å²) in [5.74, 6) is 1.48. The van der Waals surface area contributed by atoms with Crippen molar-refractivity contribution in [3.05, 3.63) is 66.4 Å². The third-order valence-electron chi connectivity index (χ3n) is 3.85. The molecule has 2 aromatic carbocycles. The van der Waals surface area contributed by atoms with Gasteiger partial charge in [-0.3, -0.25) is 0 Å². The maximum atomic E-state index is 8.64. The first-order chi connectivity index (χ1) is 12.2. The zero-order valence-corrected chi connectivity index (χ0v) is 14.2. The molecule has 3 rings (SSSR count). The van der Waals surface area contributed by atoms with Crippen molar-refractivity contribution in [2.45, 2.75) is 32.5 Å². The molecular weight excluding hydrogens is 312 g/mol. The Kier molecular flexibility index (Phi) is 5.48. The molecule has 0 aliphatic carbocycles. The summed E-state index contributed by atoms with van der Waals surface area (Å²) in [4.78, 5) is 4.61. The monoisotopic (exact) mass is 332 g/mol. The van der Waals surface area contributed by atoms with Crippen LogP contribution in [-0.4, -0.2) is 11.1 Å². The lowest BCUT2D eigenvalue weighted by Crippen LogP contribution is -2.11. The number of nitriles is 1. The standard InChI is InChI=1S/C21H20N2O2/c1-16(6-5-13-22)25-20-9-4-8-19(14-20)24-15-18-12-11-17-7-2-3-10-21(17)23-18/h2-4,7-12,14,16H,5-6,15H2,1H3. The second-order valence-corrected chi connectivity index (χ2v) is 5.88. The molecule has 4 nitrogen and oxygen atoms in total. The van der Waals surface area contributed by atoms with E-state index >= 15 is 0 Å². The predicted octanol–water partition coefficient (Wildman–Crippen LogP) is 4.88. The van der Waals surface area contributed by atoms with Crippen LogP contribution in [0.3, 0.4) is 0 Å². The van der Waals surface area contributed by atoms with Gasteiger partial charge in [-0.2, -0.15) is 5.26 Å². The van der Waals surface area contributed by atoms with E-state index in [1.165, 1.54) is 0 Å². The van der Waals surface area contributed by atoms with Crippen molar-refractivity contribution in [3.63, 3.8) is 0 Å². The normalized spacial score (nSPS) is 11.7. The Bertz CT molecular complexity index is 886. The summed E-state index contributed by atoms with van der Waals surface area (Å²) in [5, 5.41) is 9.76. The van der Waals surface area contributed by atoms with Crippen molar-refractivity contribution in [2.24, 2.45) is 0 Å². The van der Waals surface area contributed by atoms with Gasteiger partial charge in [0.25, 0.3) is 0 Å². The third kappa shape index (κ3) is 4.71. The Morgan fingerprint density at radius 1 is 1.04 bits per heavy atom. The molecule has 4 heteroatoms. The van der Waals surface area contributed by atoms with Crippen LogP contribution in [0, 0.1) is 11.3 Å². The summed E-state index contributed by atoms with van der Waals surface area (Å²) in [5.41, 5.74) is 1.85. The number of rotatable bonds is 7. The topological polar surface area (TPSA) is 55.1 Å². The fourth-order valence-corrected chi connectivity index (χ4v) is 2.54. The summed E-state index contributed by atoms with van der Waals surface area (Å²) >= 11 is 0. The number of ether oxygens (including phenoxy) is 2. The van der Waals surface area contributed by atoms with Crippen LogP contribution in [0.5, 0.6) is 11.5 Å². The number of fused-ring (bicyclic) bond motifs is 1. The number of aromatic nitrogens is 1. The second-order valence-electron chi connectivity index (χ2n) is 5.88. The molecule has 0 fully saturated rings. The predicted molar refractivity (Wildman–Crippen MR) is 97.5 cm³/mol. The van der Waals surface area contributed by atoms with Gasteiger partial charge >= 0.3 is 0 Å². The van der Waals surface area contributed by atoms with Gasteiger partial charge in [-0.25, -0.2) is 4.98 Å². The fraction of sp³-hybridized carbons (Fsp3) is 0.238. The first-order valence-corrected chi connectivity index (χ1v) is 8.36. The van der Waals surface area contributed by atoms with Crippen molar-refractivity contribution in [1.29, 1.82) is 5.26 Å². The maximum absolute atomic E-state index is 8.64. The Morgan fingerprint density at radius 3 is 2.76 bits per heavy atom. The number of hydrogen-bond acceptors (Lipinski definition) is 4. The number of nitrogens with zero attached hydrogens (tertiary/aromatic N) is 2. The average molecular weight is 332 g/mol. The van der Waals surface area contributed by atoms with E-state index in [0.717, 1.165) is 28.1 Å². The van der Waals surface area contributed by atoms with Crippen molar-refractivity contribution >= 4 is 10.9 Å². The molecule has 0 bridgehead atoms. The molecule has 0 N–H and O–H groups in total. The van der Waals surface area contributed by atoms with Gasteiger partial charge in [0.15, 0.2) is 0 Å². The quantitative estimate of drug-likeness (QED) is 0.618. The van der Waals surface area contributed by atoms with E-state index in [0.29, 0.717) is 19.4 Å². The van der Waals surface area contributed by atoms with Crippen molar-refractivity contribution in [2.75, 3.05) is 0 Å². The van der Waals surface area contributed by atoms with Gasteiger partial charge in [-0.15, -0.1) is 0 Å². The highest BCUT2D eigenvalue weighted by molar-refractivity contribution is 5.78. The van der Waals surface area contributed by atoms with Crippen molar-refractivity contribution < 1.29 is 9.47 Å². The highest BCUT2D eigenvalue weighted by Crippen LogP contribution is 2.22. The number of para-hydroxylation sites is 1. The van der Waals surface area contributed by atoms with Gasteiger partial charge in [0.1, 0.15) is 18.1 Å². The molecule has 0 aliphatic rings. The number of benzene rings is 2. The highest BCUT2D eigenvalue weighted by Gasteiger charge is 2.05. The molecule has 0 radical (unpaired) electrons. The molecule has 0 amide bonds. The Hall–Kier alpha value is -3.06. The van der Waals surface area contributed by atoms with Crippen LogP contribution in [-0.2, 0) is 6.61 Å². The van der Waals surface area contributed by atoms with E-state index in [-0.39, 0.29) is 6.10 Å². The summed E-state index contributed by atoms with van der Waals surface area (Å²) in [6, 6.07) is 21.7. The van der Waals surface area contributed by atoms with E-state index in [2.05, 4.69) is 17.1 Å². The minimum atomic E-state index is -0.00273. The summed E-state index contributed by atoms with van der Waals surface area (Å²) in [7, 11) is 0. The smallest absolute Gasteiger partial charge is 0.130 e. The van der Waals surface area contributed by atoms with Crippen LogP contribution in [0.25, 0.3) is 10.9 Å². The first-order valence-electron chi connectivity index (χ1n) is 8.36. The fourth-order valence-electron chi connectivity index (χ4n) is 2.54. The molecule has 0 aliphatic heterocycles. The van der Waals surface area contributed by atoms with Crippen molar-refractivity contribution in [1.82, 2.24) is 4.98 Å². The number of pyridine rings is 1. The maximum Gasteiger partial charge on any atom is 0.130 e. The first kappa shape index (κ1) is 16.8. The minimum Gasteiger partial charge on any atom is -0.491 e. The van der Waals surface area contributed by atoms with Gasteiger partial charge in [0.2, 0.25) is 0 Å². The van der Waals surface area contributed by atoms with E-state index in [9.17, 15) is 0 Å². The molecule has 3 aromatic rings. The third-order valence-corrected chi connectivity index (χ3v) is 3.85. The molecule has 1 heterocycles. The highest BCUT2D eigenvalue weighted by atomic mass is 16.5. The van der Waals surface area contributed by atoms with Gasteiger partial charge in [-0.1, -0.05) is 30.3 Å². The molecule has 1 unspecified atom stereocenters. The van der Waals surface area contributed by atoms with E-state index in [1.54, 1.807) is 0 Å². The van der Waals surface area contributed by atoms with Crippen LogP contribution in [0.2, 0.25) is 0 Å². The van der Waals surface area contributed by atoms with Crippen molar-refractivity contribution in [3.8, 4) is 17.6 Å². The lowest BCUT2D eigenvalue weighted by Gasteiger charge is -2.14. The molecule has 1 atom stereocenters. The summed E-state index contributed by atoms with van der Waals surface area (Å²) in [6.07, 6.45) is 1.20.